The molecule has 0 aliphatic heterocycles. The second-order valence-corrected chi connectivity index (χ2v) is 3.64. The van der Waals surface area contributed by atoms with Gasteiger partial charge in [-0.3, -0.25) is 4.79 Å². The smallest absolute Gasteiger partial charge is 0.344 e. The Kier molecular flexibility index (Phi) is 3.13. The number of aliphatic carboxylic acids is 1. The molecule has 0 fully saturated rings. The van der Waals surface area contributed by atoms with Crippen LogP contribution in [-0.4, -0.2) is 25.8 Å². The molecule has 0 spiro atoms. The first-order valence-electron chi connectivity index (χ1n) is 4.54. The molecular weight excluding hydrogens is 202 g/mol. The summed E-state index contributed by atoms with van der Waals surface area (Å²) in [6.07, 6.45) is -0.251. The van der Waals surface area contributed by atoms with E-state index in [4.69, 9.17) is 5.11 Å². The molecule has 7 nitrogen and oxygen atoms in total. The van der Waals surface area contributed by atoms with Crippen LogP contribution in [0.15, 0.2) is 9.59 Å². The maximum Gasteiger partial charge on any atom is 0.344 e. The van der Waals surface area contributed by atoms with Gasteiger partial charge in [-0.15, -0.1) is 0 Å². The van der Waals surface area contributed by atoms with Crippen LogP contribution in [0.25, 0.3) is 0 Å². The lowest BCUT2D eigenvalue weighted by molar-refractivity contribution is -0.138. The molecule has 1 rings (SSSR count). The fourth-order valence-corrected chi connectivity index (χ4v) is 1.42. The lowest BCUT2D eigenvalue weighted by Gasteiger charge is -2.17. The van der Waals surface area contributed by atoms with Gasteiger partial charge in [0.15, 0.2) is 0 Å². The molecule has 0 aromatic carbocycles. The highest BCUT2D eigenvalue weighted by Crippen LogP contribution is 2.17. The van der Waals surface area contributed by atoms with E-state index < -0.39 is 23.4 Å². The van der Waals surface area contributed by atoms with Gasteiger partial charge in [0, 0.05) is 0 Å². The average Bonchev–Trinajstić information content (AvgIpc) is 2.42. The van der Waals surface area contributed by atoms with Crippen molar-refractivity contribution in [3.8, 4) is 0 Å². The first-order chi connectivity index (χ1) is 6.93. The minimum absolute atomic E-state index is 0.115. The number of aromatic amines is 2. The summed E-state index contributed by atoms with van der Waals surface area (Å²) in [5, 5.41) is 12.9. The third-order valence-electron chi connectivity index (χ3n) is 2.20. The molecule has 3 N–H and O–H groups in total. The van der Waals surface area contributed by atoms with Crippen molar-refractivity contribution >= 4 is 5.97 Å². The van der Waals surface area contributed by atoms with E-state index >= 15 is 0 Å². The molecule has 0 bridgehead atoms. The summed E-state index contributed by atoms with van der Waals surface area (Å²) in [6.45, 7) is 3.51. The molecule has 15 heavy (non-hydrogen) atoms. The molecule has 0 aliphatic carbocycles. The van der Waals surface area contributed by atoms with Gasteiger partial charge in [0.2, 0.25) is 0 Å². The Morgan fingerprint density at radius 1 is 1.33 bits per heavy atom. The third-order valence-corrected chi connectivity index (χ3v) is 2.20. The van der Waals surface area contributed by atoms with Crippen LogP contribution in [0.1, 0.15) is 26.3 Å². The average molecular weight is 215 g/mol. The Balaban J connectivity index is 3.15. The van der Waals surface area contributed by atoms with Crippen LogP contribution in [0, 0.1) is 5.92 Å². The Bertz CT molecular complexity index is 425. The van der Waals surface area contributed by atoms with Crippen molar-refractivity contribution in [3.05, 3.63) is 21.0 Å². The number of hydrogen-bond acceptors (Lipinski definition) is 3. The van der Waals surface area contributed by atoms with Crippen LogP contribution in [0.5, 0.6) is 0 Å². The SMILES string of the molecule is CC(C)C(CC(=O)O)n1c(=O)[nH][nH]c1=O. The van der Waals surface area contributed by atoms with Gasteiger partial charge in [0.1, 0.15) is 0 Å². The van der Waals surface area contributed by atoms with Gasteiger partial charge in [0.25, 0.3) is 0 Å². The summed E-state index contributed by atoms with van der Waals surface area (Å²) in [5.41, 5.74) is -1.22. The van der Waals surface area contributed by atoms with Crippen molar-refractivity contribution < 1.29 is 9.90 Å². The molecule has 0 radical (unpaired) electrons. The van der Waals surface area contributed by atoms with Crippen LogP contribution < -0.4 is 11.4 Å². The van der Waals surface area contributed by atoms with Gasteiger partial charge in [-0.05, 0) is 5.92 Å². The highest BCUT2D eigenvalue weighted by atomic mass is 16.4. The van der Waals surface area contributed by atoms with Crippen LogP contribution >= 0.6 is 0 Å². The number of carboxylic acids is 1. The first kappa shape index (κ1) is 11.3. The van der Waals surface area contributed by atoms with E-state index in [1.807, 2.05) is 0 Å². The fourth-order valence-electron chi connectivity index (χ4n) is 1.42. The zero-order chi connectivity index (χ0) is 11.6. The van der Waals surface area contributed by atoms with Gasteiger partial charge in [-0.25, -0.2) is 24.4 Å². The van der Waals surface area contributed by atoms with Gasteiger partial charge in [-0.1, -0.05) is 13.8 Å². The highest BCUT2D eigenvalue weighted by Gasteiger charge is 2.22. The lowest BCUT2D eigenvalue weighted by atomic mass is 10.0. The molecule has 0 saturated carbocycles. The fraction of sp³-hybridized carbons (Fsp3) is 0.625. The normalized spacial score (nSPS) is 13.0. The predicted octanol–water partition coefficient (Wildman–Crippen LogP) is -0.463. The molecule has 0 aliphatic rings. The molecular formula is C8H13N3O4. The quantitative estimate of drug-likeness (QED) is 0.631. The minimum Gasteiger partial charge on any atom is -0.481 e. The van der Waals surface area contributed by atoms with Gasteiger partial charge in [-0.2, -0.15) is 0 Å². The number of H-pyrrole nitrogens is 2. The Morgan fingerprint density at radius 3 is 2.13 bits per heavy atom. The number of nitrogens with one attached hydrogen (secondary N) is 2. The summed E-state index contributed by atoms with van der Waals surface area (Å²) in [4.78, 5) is 33.1. The lowest BCUT2D eigenvalue weighted by Crippen LogP contribution is -2.34. The maximum atomic E-state index is 11.3. The Morgan fingerprint density at radius 2 is 1.80 bits per heavy atom. The predicted molar refractivity (Wildman–Crippen MR) is 51.8 cm³/mol. The Labute approximate surface area is 84.7 Å². The molecule has 1 unspecified atom stereocenters. The van der Waals surface area contributed by atoms with Crippen LogP contribution in [0.2, 0.25) is 0 Å². The maximum absolute atomic E-state index is 11.3. The minimum atomic E-state index is -1.04. The van der Waals surface area contributed by atoms with E-state index in [1.165, 1.54) is 0 Å². The second-order valence-electron chi connectivity index (χ2n) is 3.64. The summed E-state index contributed by atoms with van der Waals surface area (Å²) in [5.74, 6) is -1.16. The molecule has 0 amide bonds. The van der Waals surface area contributed by atoms with E-state index in [2.05, 4.69) is 10.2 Å². The molecule has 0 saturated heterocycles. The number of rotatable bonds is 4. The van der Waals surface area contributed by atoms with E-state index in [0.29, 0.717) is 0 Å². The van der Waals surface area contributed by atoms with Crippen molar-refractivity contribution in [2.24, 2.45) is 5.92 Å². The summed E-state index contributed by atoms with van der Waals surface area (Å²) < 4.78 is 0.902. The van der Waals surface area contributed by atoms with Crippen molar-refractivity contribution in [1.29, 1.82) is 0 Å². The van der Waals surface area contributed by atoms with Crippen molar-refractivity contribution in [2.45, 2.75) is 26.3 Å². The zero-order valence-corrected chi connectivity index (χ0v) is 8.48. The van der Waals surface area contributed by atoms with Gasteiger partial charge >= 0.3 is 17.3 Å². The summed E-state index contributed by atoms with van der Waals surface area (Å²) in [6, 6.07) is -0.634. The number of carboxylic acid groups (broad SMARTS) is 1. The topological polar surface area (TPSA) is 108 Å². The Hall–Kier alpha value is -1.79. The molecule has 1 atom stereocenters. The van der Waals surface area contributed by atoms with Gasteiger partial charge in [0.05, 0.1) is 12.5 Å². The molecule has 1 aromatic rings. The van der Waals surface area contributed by atoms with Crippen LogP contribution in [-0.2, 0) is 4.79 Å². The number of carbonyl (C=O) groups is 1. The van der Waals surface area contributed by atoms with E-state index in [0.717, 1.165) is 4.57 Å². The second kappa shape index (κ2) is 4.16. The van der Waals surface area contributed by atoms with Crippen molar-refractivity contribution in [2.75, 3.05) is 0 Å². The largest absolute Gasteiger partial charge is 0.481 e. The number of nitrogens with zero attached hydrogens (tertiary/aromatic N) is 1. The standard InChI is InChI=1S/C8H13N3O4/c1-4(2)5(3-6(12)13)11-7(14)9-10-8(11)15/h4-5H,3H2,1-2H3,(H,9,14)(H,10,15)(H,12,13). The van der Waals surface area contributed by atoms with E-state index in [1.54, 1.807) is 13.8 Å². The van der Waals surface area contributed by atoms with Crippen LogP contribution in [0.4, 0.5) is 0 Å². The molecule has 1 heterocycles. The van der Waals surface area contributed by atoms with Crippen molar-refractivity contribution in [3.63, 3.8) is 0 Å². The molecule has 7 heteroatoms. The molecule has 1 aromatic heterocycles. The molecule has 84 valence electrons. The number of hydrogen-bond donors (Lipinski definition) is 3. The van der Waals surface area contributed by atoms with Crippen LogP contribution in [0.3, 0.4) is 0 Å². The third kappa shape index (κ3) is 2.36. The van der Waals surface area contributed by atoms with E-state index in [-0.39, 0.29) is 12.3 Å². The van der Waals surface area contributed by atoms with Gasteiger partial charge < -0.3 is 5.11 Å². The number of aromatic nitrogens is 3. The summed E-state index contributed by atoms with van der Waals surface area (Å²) >= 11 is 0. The highest BCUT2D eigenvalue weighted by molar-refractivity contribution is 5.67. The first-order valence-corrected chi connectivity index (χ1v) is 4.54. The van der Waals surface area contributed by atoms with E-state index in [9.17, 15) is 14.4 Å². The monoisotopic (exact) mass is 215 g/mol. The summed E-state index contributed by atoms with van der Waals surface area (Å²) in [7, 11) is 0. The zero-order valence-electron chi connectivity index (χ0n) is 8.48. The van der Waals surface area contributed by atoms with Crippen molar-refractivity contribution in [1.82, 2.24) is 14.8 Å².